The average Bonchev–Trinajstić information content (AvgIpc) is 2.73. The summed E-state index contributed by atoms with van der Waals surface area (Å²) in [5.41, 5.74) is 1.19. The maximum atomic E-state index is 14.8. The van der Waals surface area contributed by atoms with Crippen LogP contribution in [0.1, 0.15) is 63.0 Å². The van der Waals surface area contributed by atoms with Crippen molar-refractivity contribution >= 4 is 0 Å². The van der Waals surface area contributed by atoms with Gasteiger partial charge in [0, 0.05) is 23.7 Å². The van der Waals surface area contributed by atoms with E-state index < -0.39 is 17.5 Å². The summed E-state index contributed by atoms with van der Waals surface area (Å²) in [6.07, 6.45) is 4.66. The number of ether oxygens (including phenoxy) is 2. The smallest absolute Gasteiger partial charge is 0.167 e. The van der Waals surface area contributed by atoms with Crippen molar-refractivity contribution in [3.05, 3.63) is 58.9 Å². The summed E-state index contributed by atoms with van der Waals surface area (Å²) in [4.78, 5) is 0. The molecule has 1 heterocycles. The molecule has 1 saturated heterocycles. The van der Waals surface area contributed by atoms with E-state index in [1.54, 1.807) is 12.1 Å². The van der Waals surface area contributed by atoms with Crippen molar-refractivity contribution in [3.8, 4) is 11.1 Å². The van der Waals surface area contributed by atoms with Gasteiger partial charge in [0.05, 0.1) is 6.61 Å². The molecule has 2 atom stereocenters. The van der Waals surface area contributed by atoms with Crippen LogP contribution in [0.15, 0.2) is 30.3 Å². The number of hydrogen-bond acceptors (Lipinski definition) is 2. The van der Waals surface area contributed by atoms with Gasteiger partial charge >= 0.3 is 0 Å². The Bertz CT molecular complexity index is 814. The van der Waals surface area contributed by atoms with Crippen molar-refractivity contribution in [2.75, 3.05) is 13.2 Å². The molecule has 5 heteroatoms. The van der Waals surface area contributed by atoms with E-state index in [-0.39, 0.29) is 23.3 Å². The Hall–Kier alpha value is -1.85. The quantitative estimate of drug-likeness (QED) is 0.451. The lowest BCUT2D eigenvalue weighted by Gasteiger charge is -2.29. The predicted molar refractivity (Wildman–Crippen MR) is 108 cm³/mol. The minimum atomic E-state index is -0.980. The average molecular weight is 406 g/mol. The summed E-state index contributed by atoms with van der Waals surface area (Å²) >= 11 is 0. The van der Waals surface area contributed by atoms with Gasteiger partial charge in [-0.25, -0.2) is 13.2 Å². The second-order valence-electron chi connectivity index (χ2n) is 7.59. The number of unbranched alkanes of at least 4 members (excludes halogenated alkanes) is 2. The van der Waals surface area contributed by atoms with Gasteiger partial charge < -0.3 is 9.47 Å². The first kappa shape index (κ1) is 21.8. The second-order valence-corrected chi connectivity index (χ2v) is 7.59. The molecule has 3 rings (SSSR count). The zero-order valence-electron chi connectivity index (χ0n) is 17.1. The van der Waals surface area contributed by atoms with Crippen LogP contribution in [0, 0.1) is 17.5 Å². The minimum absolute atomic E-state index is 0.0397. The van der Waals surface area contributed by atoms with Crippen molar-refractivity contribution in [1.82, 2.24) is 0 Å². The van der Waals surface area contributed by atoms with Gasteiger partial charge in [-0.2, -0.15) is 0 Å². The van der Waals surface area contributed by atoms with Gasteiger partial charge in [-0.15, -0.1) is 0 Å². The van der Waals surface area contributed by atoms with Crippen LogP contribution in [0.4, 0.5) is 13.2 Å². The normalized spacial score (nSPS) is 19.5. The maximum Gasteiger partial charge on any atom is 0.167 e. The van der Waals surface area contributed by atoms with Gasteiger partial charge in [-0.1, -0.05) is 44.0 Å². The van der Waals surface area contributed by atoms with Crippen LogP contribution in [-0.2, 0) is 15.9 Å². The fourth-order valence-electron chi connectivity index (χ4n) is 3.87. The van der Waals surface area contributed by atoms with Crippen LogP contribution in [0.5, 0.6) is 0 Å². The second kappa shape index (κ2) is 10.3. The van der Waals surface area contributed by atoms with Crippen LogP contribution in [0.2, 0.25) is 0 Å². The SMILES string of the molecule is CCCCCc1ccc(-c2ccc(C3CCC(OCC)OC3)cc2F)c(F)c1F. The maximum absolute atomic E-state index is 14.8. The summed E-state index contributed by atoms with van der Waals surface area (Å²) in [7, 11) is 0. The highest BCUT2D eigenvalue weighted by Gasteiger charge is 2.24. The first-order valence-corrected chi connectivity index (χ1v) is 10.5. The van der Waals surface area contributed by atoms with E-state index in [1.807, 2.05) is 6.92 Å². The molecule has 0 radical (unpaired) electrons. The summed E-state index contributed by atoms with van der Waals surface area (Å²) in [5, 5.41) is 0. The van der Waals surface area contributed by atoms with E-state index in [1.165, 1.54) is 18.2 Å². The van der Waals surface area contributed by atoms with Crippen molar-refractivity contribution in [2.45, 2.75) is 64.6 Å². The van der Waals surface area contributed by atoms with E-state index in [4.69, 9.17) is 9.47 Å². The van der Waals surface area contributed by atoms with E-state index in [0.29, 0.717) is 25.2 Å². The highest BCUT2D eigenvalue weighted by Crippen LogP contribution is 2.33. The summed E-state index contributed by atoms with van der Waals surface area (Å²) in [6, 6.07) is 7.78. The van der Waals surface area contributed by atoms with Gasteiger partial charge in [0.1, 0.15) is 5.82 Å². The van der Waals surface area contributed by atoms with Gasteiger partial charge in [-0.3, -0.25) is 0 Å². The van der Waals surface area contributed by atoms with Crippen LogP contribution in [0.3, 0.4) is 0 Å². The van der Waals surface area contributed by atoms with Gasteiger partial charge in [-0.05, 0) is 49.8 Å². The molecule has 0 aliphatic carbocycles. The van der Waals surface area contributed by atoms with E-state index in [0.717, 1.165) is 37.7 Å². The molecule has 0 amide bonds. The fourth-order valence-corrected chi connectivity index (χ4v) is 3.87. The lowest BCUT2D eigenvalue weighted by atomic mass is 9.91. The van der Waals surface area contributed by atoms with E-state index >= 15 is 0 Å². The molecular formula is C24H29F3O2. The molecular weight excluding hydrogens is 377 g/mol. The topological polar surface area (TPSA) is 18.5 Å². The third-order valence-electron chi connectivity index (χ3n) is 5.55. The number of benzene rings is 2. The summed E-state index contributed by atoms with van der Waals surface area (Å²) in [5.74, 6) is -2.33. The Morgan fingerprint density at radius 3 is 2.41 bits per heavy atom. The Morgan fingerprint density at radius 2 is 1.76 bits per heavy atom. The Balaban J connectivity index is 1.76. The first-order chi connectivity index (χ1) is 14.0. The minimum Gasteiger partial charge on any atom is -0.353 e. The van der Waals surface area contributed by atoms with Crippen LogP contribution in [0.25, 0.3) is 11.1 Å². The van der Waals surface area contributed by atoms with Gasteiger partial charge in [0.25, 0.3) is 0 Å². The van der Waals surface area contributed by atoms with Crippen LogP contribution < -0.4 is 0 Å². The molecule has 2 aromatic carbocycles. The van der Waals surface area contributed by atoms with Crippen molar-refractivity contribution in [2.24, 2.45) is 0 Å². The van der Waals surface area contributed by atoms with Crippen molar-refractivity contribution in [1.29, 1.82) is 0 Å². The number of halogens is 3. The Kier molecular flexibility index (Phi) is 7.73. The molecule has 0 bridgehead atoms. The molecule has 0 aromatic heterocycles. The summed E-state index contributed by atoms with van der Waals surface area (Å²) < 4.78 is 55.0. The fraction of sp³-hybridized carbons (Fsp3) is 0.500. The van der Waals surface area contributed by atoms with Crippen molar-refractivity contribution < 1.29 is 22.6 Å². The Labute approximate surface area is 171 Å². The highest BCUT2D eigenvalue weighted by atomic mass is 19.2. The van der Waals surface area contributed by atoms with Gasteiger partial charge in [0.15, 0.2) is 17.9 Å². The number of rotatable bonds is 8. The van der Waals surface area contributed by atoms with Crippen molar-refractivity contribution in [3.63, 3.8) is 0 Å². The number of aryl methyl sites for hydroxylation is 1. The molecule has 1 aliphatic rings. The molecule has 0 saturated carbocycles. The number of hydrogen-bond donors (Lipinski definition) is 0. The first-order valence-electron chi connectivity index (χ1n) is 10.5. The molecule has 2 nitrogen and oxygen atoms in total. The lowest BCUT2D eigenvalue weighted by Crippen LogP contribution is -2.27. The van der Waals surface area contributed by atoms with Crippen LogP contribution in [-0.4, -0.2) is 19.5 Å². The third kappa shape index (κ3) is 5.20. The molecule has 2 aromatic rings. The lowest BCUT2D eigenvalue weighted by molar-refractivity contribution is -0.164. The zero-order valence-corrected chi connectivity index (χ0v) is 17.1. The molecule has 1 fully saturated rings. The predicted octanol–water partition coefficient (Wildman–Crippen LogP) is 6.76. The highest BCUT2D eigenvalue weighted by molar-refractivity contribution is 5.66. The van der Waals surface area contributed by atoms with E-state index in [2.05, 4.69) is 6.92 Å². The third-order valence-corrected chi connectivity index (χ3v) is 5.55. The molecule has 2 unspecified atom stereocenters. The summed E-state index contributed by atoms with van der Waals surface area (Å²) in [6.45, 7) is 5.03. The molecule has 158 valence electrons. The Morgan fingerprint density at radius 1 is 0.966 bits per heavy atom. The molecule has 0 N–H and O–H groups in total. The zero-order chi connectivity index (χ0) is 20.8. The van der Waals surface area contributed by atoms with Gasteiger partial charge in [0.2, 0.25) is 0 Å². The van der Waals surface area contributed by atoms with E-state index in [9.17, 15) is 13.2 Å². The monoisotopic (exact) mass is 406 g/mol. The standard InChI is InChI=1S/C24H29F3O2/c1-3-5-6-7-16-8-12-20(24(27)23(16)26)19-11-9-17(14-21(19)25)18-10-13-22(28-4-2)29-15-18/h8-9,11-12,14,18,22H,3-7,10,13,15H2,1-2H3. The molecule has 1 aliphatic heterocycles. The largest absolute Gasteiger partial charge is 0.353 e. The molecule has 0 spiro atoms. The molecule has 29 heavy (non-hydrogen) atoms. The van der Waals surface area contributed by atoms with Crippen LogP contribution >= 0.6 is 0 Å².